The largest absolute Gasteiger partial charge is 0.457 e. The van der Waals surface area contributed by atoms with Crippen LogP contribution in [0.3, 0.4) is 0 Å². The molecule has 60 heavy (non-hydrogen) atoms. The molecule has 318 valence electrons. The highest BCUT2D eigenvalue weighted by Crippen LogP contribution is 2.48. The van der Waals surface area contributed by atoms with E-state index in [1.165, 1.54) is 30.3 Å². The monoisotopic (exact) mass is 858 g/mol. The van der Waals surface area contributed by atoms with Crippen molar-refractivity contribution in [2.45, 2.75) is 94.8 Å². The van der Waals surface area contributed by atoms with Crippen molar-refractivity contribution in [2.75, 3.05) is 23.7 Å². The van der Waals surface area contributed by atoms with Crippen molar-refractivity contribution in [1.29, 1.82) is 0 Å². The van der Waals surface area contributed by atoms with E-state index in [1.54, 1.807) is 14.0 Å². The molecule has 0 aromatic heterocycles. The summed E-state index contributed by atoms with van der Waals surface area (Å²) in [5.74, 6) is 0.353. The van der Waals surface area contributed by atoms with Crippen molar-refractivity contribution in [3.05, 3.63) is 131 Å². The molecule has 3 aromatic carbocycles. The lowest BCUT2D eigenvalue weighted by molar-refractivity contribution is -0.438. The van der Waals surface area contributed by atoms with E-state index in [1.807, 2.05) is 18.2 Å². The molecule has 1 aliphatic carbocycles. The molecule has 2 heterocycles. The van der Waals surface area contributed by atoms with Gasteiger partial charge < -0.3 is 14.9 Å². The number of fused-ring (bicyclic) bond motifs is 2. The summed E-state index contributed by atoms with van der Waals surface area (Å²) < 4.78 is 89.2. The summed E-state index contributed by atoms with van der Waals surface area (Å²) in [4.78, 5) is 13.9. The standard InChI is InChI=1S/C45H53BFN3O8S2/c1-44(2)36-14-5-6-15-38(36)49(28-9-10-29-59(52,53)54)40(44)25-17-31-12-11-13-32(43(31)58-34-20-22-35(23-21-34)60(55,56)57)18-26-41-45(3,4)37-30-33(47)19-24-39(37)50(41)27-8-7-16-42(51)48-46/h5-6,14-15,17-26,30H,7-13,16,27-29,46H2,1-4H3,(H2-,48,51,52,53,54,55,56,57)/p+1. The van der Waals surface area contributed by atoms with E-state index in [9.17, 15) is 35.1 Å². The Kier molecular flexibility index (Phi) is 13.4. The van der Waals surface area contributed by atoms with Gasteiger partial charge in [0.1, 0.15) is 23.9 Å². The van der Waals surface area contributed by atoms with Crippen molar-refractivity contribution in [2.24, 2.45) is 0 Å². The molecule has 1 amide bonds. The van der Waals surface area contributed by atoms with Crippen molar-refractivity contribution in [3.63, 3.8) is 0 Å². The third-order valence-electron chi connectivity index (χ3n) is 11.7. The summed E-state index contributed by atoms with van der Waals surface area (Å²) >= 11 is 0. The minimum absolute atomic E-state index is 0.0170. The fourth-order valence-corrected chi connectivity index (χ4v) is 9.56. The molecule has 3 aliphatic rings. The third kappa shape index (κ3) is 10.0. The average Bonchev–Trinajstić information content (AvgIpc) is 3.53. The van der Waals surface area contributed by atoms with E-state index < -0.39 is 31.1 Å². The molecule has 11 nitrogen and oxygen atoms in total. The number of halogens is 1. The highest BCUT2D eigenvalue weighted by atomic mass is 32.2. The first-order chi connectivity index (χ1) is 28.3. The number of carbonyl (C=O) groups excluding carboxylic acids is 1. The van der Waals surface area contributed by atoms with Crippen LogP contribution in [0, 0.1) is 5.82 Å². The number of para-hydroxylation sites is 1. The molecule has 0 spiro atoms. The second kappa shape index (κ2) is 18.0. The number of anilines is 1. The van der Waals surface area contributed by atoms with Gasteiger partial charge in [0.25, 0.3) is 20.2 Å². The number of nitrogens with zero attached hydrogens (tertiary/aromatic N) is 2. The van der Waals surface area contributed by atoms with Gasteiger partial charge in [-0.05, 0) is 124 Å². The zero-order valence-electron chi connectivity index (χ0n) is 34.9. The molecule has 0 saturated carbocycles. The van der Waals surface area contributed by atoms with Gasteiger partial charge in [-0.1, -0.05) is 38.1 Å². The summed E-state index contributed by atoms with van der Waals surface area (Å²) in [6, 6.07) is 18.6. The maximum Gasteiger partial charge on any atom is 0.294 e. The quantitative estimate of drug-likeness (QED) is 0.0571. The molecule has 0 radical (unpaired) electrons. The number of allylic oxidation sites excluding steroid dienone is 7. The van der Waals surface area contributed by atoms with E-state index in [-0.39, 0.29) is 22.4 Å². The molecular formula is C45H54BFN3O8S2+. The third-order valence-corrected chi connectivity index (χ3v) is 13.4. The van der Waals surface area contributed by atoms with Gasteiger partial charge in [-0.25, -0.2) is 4.39 Å². The molecular weight excluding hydrogens is 804 g/mol. The zero-order chi connectivity index (χ0) is 43.5. The Morgan fingerprint density at radius 2 is 1.63 bits per heavy atom. The summed E-state index contributed by atoms with van der Waals surface area (Å²) in [5, 5.41) is 2.68. The van der Waals surface area contributed by atoms with Crippen LogP contribution in [0.1, 0.15) is 90.2 Å². The van der Waals surface area contributed by atoms with Gasteiger partial charge in [-0.15, -0.1) is 0 Å². The lowest BCUT2D eigenvalue weighted by Gasteiger charge is -2.27. The van der Waals surface area contributed by atoms with E-state index in [4.69, 9.17) is 4.74 Å². The Morgan fingerprint density at radius 1 is 0.900 bits per heavy atom. The number of carbonyl (C=O) groups is 1. The van der Waals surface area contributed by atoms with Gasteiger partial charge in [0.15, 0.2) is 5.71 Å². The van der Waals surface area contributed by atoms with Crippen molar-refractivity contribution < 1.29 is 44.4 Å². The zero-order valence-corrected chi connectivity index (χ0v) is 36.5. The molecule has 2 aliphatic heterocycles. The van der Waals surface area contributed by atoms with Crippen molar-refractivity contribution >= 4 is 51.2 Å². The Morgan fingerprint density at radius 3 is 2.33 bits per heavy atom. The maximum atomic E-state index is 14.7. The van der Waals surface area contributed by atoms with Gasteiger partial charge in [-0.3, -0.25) is 13.9 Å². The number of hydrogen-bond donors (Lipinski definition) is 3. The molecule has 3 N–H and O–H groups in total. The van der Waals surface area contributed by atoms with Crippen LogP contribution >= 0.6 is 0 Å². The Labute approximate surface area is 354 Å². The SMILES string of the molecule is BNC(=O)CCCC[N+]1=C(/C=C/C2=C(Oc3ccc(S(=O)(=O)O)cc3)C(=C/C=C3/N(CCCCS(=O)(=O)O)c4ccccc4C3(C)C)/CCC2)C(C)(C)c2cc(F)ccc21. The van der Waals surface area contributed by atoms with Crippen LogP contribution in [-0.4, -0.2) is 69.0 Å². The van der Waals surface area contributed by atoms with Gasteiger partial charge in [0.05, 0.1) is 16.1 Å². The molecule has 0 saturated heterocycles. The van der Waals surface area contributed by atoms with E-state index in [0.717, 1.165) is 57.9 Å². The smallest absolute Gasteiger partial charge is 0.294 e. The highest BCUT2D eigenvalue weighted by Gasteiger charge is 2.44. The van der Waals surface area contributed by atoms with E-state index in [0.29, 0.717) is 63.1 Å². The van der Waals surface area contributed by atoms with Gasteiger partial charge in [-0.2, -0.15) is 21.4 Å². The number of hydrogen-bond acceptors (Lipinski definition) is 7. The highest BCUT2D eigenvalue weighted by molar-refractivity contribution is 7.86. The molecule has 0 atom stereocenters. The van der Waals surface area contributed by atoms with Crippen LogP contribution in [0.5, 0.6) is 5.75 Å². The van der Waals surface area contributed by atoms with Gasteiger partial charge >= 0.3 is 0 Å². The Hall–Kier alpha value is -4.83. The number of unbranched alkanes of at least 4 members (excludes halogenated alkanes) is 2. The number of rotatable bonds is 16. The van der Waals surface area contributed by atoms with Crippen LogP contribution in [0.2, 0.25) is 0 Å². The second-order valence-corrected chi connectivity index (χ2v) is 19.6. The number of ether oxygens (including phenoxy) is 1. The van der Waals surface area contributed by atoms with E-state index in [2.05, 4.69) is 78.8 Å². The fourth-order valence-electron chi connectivity index (χ4n) is 8.51. The molecule has 15 heteroatoms. The molecule has 3 aromatic rings. The predicted octanol–water partition coefficient (Wildman–Crippen LogP) is 7.63. The van der Waals surface area contributed by atoms with Gasteiger partial charge in [0.2, 0.25) is 19.6 Å². The molecule has 6 rings (SSSR count). The van der Waals surface area contributed by atoms with Crippen LogP contribution in [-0.2, 0) is 35.9 Å². The van der Waals surface area contributed by atoms with Crippen LogP contribution < -0.4 is 14.9 Å². The second-order valence-electron chi connectivity index (χ2n) is 16.6. The molecule has 0 unspecified atom stereocenters. The first-order valence-electron chi connectivity index (χ1n) is 20.4. The average molecular weight is 859 g/mol. The topological polar surface area (TPSA) is 153 Å². The number of benzene rings is 3. The van der Waals surface area contributed by atoms with Crippen LogP contribution in [0.25, 0.3) is 0 Å². The summed E-state index contributed by atoms with van der Waals surface area (Å²) in [5.41, 5.74) is 6.83. The van der Waals surface area contributed by atoms with E-state index >= 15 is 0 Å². The first-order valence-corrected chi connectivity index (χ1v) is 23.4. The molecule has 0 fully saturated rings. The summed E-state index contributed by atoms with van der Waals surface area (Å²) in [6.45, 7) is 9.63. The minimum atomic E-state index is -4.42. The fraction of sp³-hybridized carbons (Fsp3) is 0.378. The maximum absolute atomic E-state index is 14.7. The number of amides is 1. The Bertz CT molecular complexity index is 2530. The summed E-state index contributed by atoms with van der Waals surface area (Å²) in [6.07, 6.45) is 13.2. The van der Waals surface area contributed by atoms with Crippen molar-refractivity contribution in [1.82, 2.24) is 5.23 Å². The van der Waals surface area contributed by atoms with Crippen molar-refractivity contribution in [3.8, 4) is 5.75 Å². The lowest BCUT2D eigenvalue weighted by atomic mass is 9.81. The molecule has 0 bridgehead atoms. The predicted molar refractivity (Wildman–Crippen MR) is 235 cm³/mol. The minimum Gasteiger partial charge on any atom is -0.457 e. The first kappa shape index (κ1) is 44.7. The van der Waals surface area contributed by atoms with Crippen LogP contribution in [0.15, 0.2) is 119 Å². The summed E-state index contributed by atoms with van der Waals surface area (Å²) in [7, 11) is -6.87. The number of nitrogens with one attached hydrogen (secondary N) is 1. The Balaban J connectivity index is 1.43. The lowest BCUT2D eigenvalue weighted by Crippen LogP contribution is -2.28. The normalized spacial score (nSPS) is 18.8. The van der Waals surface area contributed by atoms with Gasteiger partial charge in [0, 0.05) is 53.9 Å². The van der Waals surface area contributed by atoms with Crippen LogP contribution in [0.4, 0.5) is 15.8 Å².